The molecule has 0 heterocycles. The molecule has 2 N–H and O–H groups in total. The summed E-state index contributed by atoms with van der Waals surface area (Å²) in [6, 6.07) is 7.84. The fourth-order valence-corrected chi connectivity index (χ4v) is 1.40. The number of benzene rings is 1. The molecule has 0 amide bonds. The first kappa shape index (κ1) is 12.1. The van der Waals surface area contributed by atoms with Crippen LogP contribution in [-0.4, -0.2) is 6.61 Å². The smallest absolute Gasteiger partial charge is 0.0716 e. The Kier molecular flexibility index (Phi) is 5.19. The molecule has 2 heteroatoms. The molecule has 84 valence electrons. The summed E-state index contributed by atoms with van der Waals surface area (Å²) in [6.45, 7) is 6.01. The van der Waals surface area contributed by atoms with Gasteiger partial charge in [-0.15, -0.1) is 0 Å². The van der Waals surface area contributed by atoms with Gasteiger partial charge in [-0.2, -0.15) is 0 Å². The number of hydrogen-bond acceptors (Lipinski definition) is 2. The predicted octanol–water partition coefficient (Wildman–Crippen LogP) is 3.22. The van der Waals surface area contributed by atoms with Crippen molar-refractivity contribution in [3.63, 3.8) is 0 Å². The molecule has 0 aliphatic rings. The molecule has 0 aromatic heterocycles. The lowest BCUT2D eigenvalue weighted by molar-refractivity contribution is 0.115. The minimum absolute atomic E-state index is 0.693. The lowest BCUT2D eigenvalue weighted by Crippen LogP contribution is -1.98. The van der Waals surface area contributed by atoms with E-state index in [-0.39, 0.29) is 0 Å². The van der Waals surface area contributed by atoms with Gasteiger partial charge in [-0.05, 0) is 36.5 Å². The quantitative estimate of drug-likeness (QED) is 0.574. The van der Waals surface area contributed by atoms with Crippen molar-refractivity contribution < 1.29 is 4.74 Å². The van der Waals surface area contributed by atoms with E-state index in [2.05, 4.69) is 13.8 Å². The standard InChI is InChI=1S/C13H21NO/c1-11(2)4-3-9-15-10-12-5-7-13(14)8-6-12/h5-8,11H,3-4,9-10,14H2,1-2H3. The van der Waals surface area contributed by atoms with Crippen LogP contribution in [0, 0.1) is 5.92 Å². The second kappa shape index (κ2) is 6.46. The van der Waals surface area contributed by atoms with E-state index < -0.39 is 0 Å². The van der Waals surface area contributed by atoms with Gasteiger partial charge in [0.1, 0.15) is 0 Å². The summed E-state index contributed by atoms with van der Waals surface area (Å²) in [5, 5.41) is 0. The molecule has 0 saturated heterocycles. The average Bonchev–Trinajstić information content (AvgIpc) is 2.20. The van der Waals surface area contributed by atoms with E-state index >= 15 is 0 Å². The second-order valence-corrected chi connectivity index (χ2v) is 4.33. The second-order valence-electron chi connectivity index (χ2n) is 4.33. The van der Waals surface area contributed by atoms with Crippen LogP contribution in [0.2, 0.25) is 0 Å². The normalized spacial score (nSPS) is 10.9. The third kappa shape index (κ3) is 5.43. The molecule has 1 aromatic carbocycles. The van der Waals surface area contributed by atoms with Gasteiger partial charge in [0.05, 0.1) is 6.61 Å². The predicted molar refractivity (Wildman–Crippen MR) is 64.6 cm³/mol. The number of nitrogen functional groups attached to an aromatic ring is 1. The molecule has 0 spiro atoms. The molecule has 2 nitrogen and oxygen atoms in total. The fourth-order valence-electron chi connectivity index (χ4n) is 1.40. The maximum atomic E-state index is 5.60. The lowest BCUT2D eigenvalue weighted by Gasteiger charge is -2.06. The van der Waals surface area contributed by atoms with Crippen LogP contribution in [0.1, 0.15) is 32.3 Å². The number of rotatable bonds is 6. The Labute approximate surface area is 92.4 Å². The summed E-state index contributed by atoms with van der Waals surface area (Å²) >= 11 is 0. The van der Waals surface area contributed by atoms with Crippen LogP contribution in [-0.2, 0) is 11.3 Å². The molecule has 1 aromatic rings. The summed E-state index contributed by atoms with van der Waals surface area (Å²) in [7, 11) is 0. The van der Waals surface area contributed by atoms with Crippen LogP contribution in [0.3, 0.4) is 0 Å². The number of ether oxygens (including phenoxy) is 1. The highest BCUT2D eigenvalue weighted by atomic mass is 16.5. The monoisotopic (exact) mass is 207 g/mol. The zero-order valence-corrected chi connectivity index (χ0v) is 9.70. The van der Waals surface area contributed by atoms with Crippen molar-refractivity contribution in [2.75, 3.05) is 12.3 Å². The molecule has 0 saturated carbocycles. The van der Waals surface area contributed by atoms with E-state index in [1.54, 1.807) is 0 Å². The van der Waals surface area contributed by atoms with Gasteiger partial charge in [-0.3, -0.25) is 0 Å². The number of anilines is 1. The molecule has 1 rings (SSSR count). The molecular formula is C13H21NO. The topological polar surface area (TPSA) is 35.2 Å². The van der Waals surface area contributed by atoms with E-state index in [1.807, 2.05) is 24.3 Å². The summed E-state index contributed by atoms with van der Waals surface area (Å²) < 4.78 is 5.57. The Hall–Kier alpha value is -1.02. The van der Waals surface area contributed by atoms with Gasteiger partial charge < -0.3 is 10.5 Å². The van der Waals surface area contributed by atoms with Crippen LogP contribution in [0.15, 0.2) is 24.3 Å². The zero-order valence-electron chi connectivity index (χ0n) is 9.70. The van der Waals surface area contributed by atoms with E-state index in [9.17, 15) is 0 Å². The number of nitrogens with two attached hydrogens (primary N) is 1. The molecule has 0 aliphatic heterocycles. The van der Waals surface area contributed by atoms with Gasteiger partial charge in [-0.25, -0.2) is 0 Å². The van der Waals surface area contributed by atoms with Crippen molar-refractivity contribution in [3.05, 3.63) is 29.8 Å². The van der Waals surface area contributed by atoms with Crippen molar-refractivity contribution in [1.82, 2.24) is 0 Å². The highest BCUT2D eigenvalue weighted by Gasteiger charge is 1.95. The van der Waals surface area contributed by atoms with E-state index in [4.69, 9.17) is 10.5 Å². The van der Waals surface area contributed by atoms with E-state index in [0.29, 0.717) is 6.61 Å². The largest absolute Gasteiger partial charge is 0.399 e. The molecule has 0 bridgehead atoms. The van der Waals surface area contributed by atoms with Crippen LogP contribution >= 0.6 is 0 Å². The fraction of sp³-hybridized carbons (Fsp3) is 0.538. The first-order chi connectivity index (χ1) is 7.18. The number of hydrogen-bond donors (Lipinski definition) is 1. The first-order valence-electron chi connectivity index (χ1n) is 5.60. The van der Waals surface area contributed by atoms with Crippen molar-refractivity contribution >= 4 is 5.69 Å². The van der Waals surface area contributed by atoms with Gasteiger partial charge >= 0.3 is 0 Å². The van der Waals surface area contributed by atoms with Crippen LogP contribution in [0.5, 0.6) is 0 Å². The van der Waals surface area contributed by atoms with E-state index in [0.717, 1.165) is 24.6 Å². The Morgan fingerprint density at radius 2 is 1.87 bits per heavy atom. The molecule has 15 heavy (non-hydrogen) atoms. The maximum absolute atomic E-state index is 5.60. The maximum Gasteiger partial charge on any atom is 0.0716 e. The highest BCUT2D eigenvalue weighted by molar-refractivity contribution is 5.39. The van der Waals surface area contributed by atoms with Crippen molar-refractivity contribution in [3.8, 4) is 0 Å². The van der Waals surface area contributed by atoms with Crippen LogP contribution in [0.4, 0.5) is 5.69 Å². The summed E-state index contributed by atoms with van der Waals surface area (Å²) in [5.74, 6) is 0.769. The van der Waals surface area contributed by atoms with Crippen LogP contribution in [0.25, 0.3) is 0 Å². The minimum atomic E-state index is 0.693. The Morgan fingerprint density at radius 1 is 1.20 bits per heavy atom. The molecular weight excluding hydrogens is 186 g/mol. The minimum Gasteiger partial charge on any atom is -0.399 e. The third-order valence-electron chi connectivity index (χ3n) is 2.32. The van der Waals surface area contributed by atoms with Crippen molar-refractivity contribution in [1.29, 1.82) is 0 Å². The van der Waals surface area contributed by atoms with Gasteiger partial charge in [0.25, 0.3) is 0 Å². The molecule has 0 aliphatic carbocycles. The molecule has 0 fully saturated rings. The van der Waals surface area contributed by atoms with Crippen molar-refractivity contribution in [2.45, 2.75) is 33.3 Å². The van der Waals surface area contributed by atoms with Gasteiger partial charge in [0.2, 0.25) is 0 Å². The van der Waals surface area contributed by atoms with Crippen LogP contribution < -0.4 is 5.73 Å². The van der Waals surface area contributed by atoms with E-state index in [1.165, 1.54) is 12.0 Å². The van der Waals surface area contributed by atoms with Crippen molar-refractivity contribution in [2.24, 2.45) is 5.92 Å². The summed E-state index contributed by atoms with van der Waals surface area (Å²) in [5.41, 5.74) is 7.59. The lowest BCUT2D eigenvalue weighted by atomic mass is 10.1. The summed E-state index contributed by atoms with van der Waals surface area (Å²) in [4.78, 5) is 0. The SMILES string of the molecule is CC(C)CCCOCc1ccc(N)cc1. The zero-order chi connectivity index (χ0) is 11.1. The van der Waals surface area contributed by atoms with Gasteiger partial charge in [0.15, 0.2) is 0 Å². The third-order valence-corrected chi connectivity index (χ3v) is 2.32. The van der Waals surface area contributed by atoms with Gasteiger partial charge in [0, 0.05) is 12.3 Å². The average molecular weight is 207 g/mol. The molecule has 0 atom stereocenters. The van der Waals surface area contributed by atoms with Gasteiger partial charge in [-0.1, -0.05) is 26.0 Å². The Bertz CT molecular complexity index is 266. The Morgan fingerprint density at radius 3 is 2.47 bits per heavy atom. The summed E-state index contributed by atoms with van der Waals surface area (Å²) in [6.07, 6.45) is 2.38. The Balaban J connectivity index is 2.12. The molecule has 0 radical (unpaired) electrons. The first-order valence-corrected chi connectivity index (χ1v) is 5.60. The molecule has 0 unspecified atom stereocenters. The highest BCUT2D eigenvalue weighted by Crippen LogP contribution is 2.08.